The van der Waals surface area contributed by atoms with Crippen LogP contribution in [0.2, 0.25) is 5.02 Å². The Balaban J connectivity index is 2.01. The first-order valence-corrected chi connectivity index (χ1v) is 6.06. The first-order chi connectivity index (χ1) is 8.09. The lowest BCUT2D eigenvalue weighted by Crippen LogP contribution is -2.25. The second-order valence-corrected chi connectivity index (χ2v) is 5.14. The zero-order chi connectivity index (χ0) is 12.0. The van der Waals surface area contributed by atoms with Gasteiger partial charge < -0.3 is 20.3 Å². The number of ether oxygens (including phenoxy) is 2. The molecule has 0 unspecified atom stereocenters. The number of rotatable bonds is 2. The Bertz CT molecular complexity index is 471. The monoisotopic (exact) mass is 255 g/mol. The highest BCUT2D eigenvalue weighted by molar-refractivity contribution is 6.33. The van der Waals surface area contributed by atoms with Crippen LogP contribution < -0.4 is 15.2 Å². The number of hydrogen-bond acceptors (Lipinski definition) is 4. The van der Waals surface area contributed by atoms with Crippen molar-refractivity contribution in [3.63, 3.8) is 0 Å². The van der Waals surface area contributed by atoms with Gasteiger partial charge in [0.25, 0.3) is 0 Å². The van der Waals surface area contributed by atoms with Crippen LogP contribution in [-0.2, 0) is 6.42 Å². The number of nitrogens with two attached hydrogens (primary N) is 1. The summed E-state index contributed by atoms with van der Waals surface area (Å²) >= 11 is 6.07. The fourth-order valence-corrected chi connectivity index (χ4v) is 2.31. The molecule has 3 rings (SSSR count). The zero-order valence-electron chi connectivity index (χ0n) is 9.33. The Kier molecular flexibility index (Phi) is 2.38. The second kappa shape index (κ2) is 3.68. The summed E-state index contributed by atoms with van der Waals surface area (Å²) in [6, 6.07) is 1.78. The molecule has 1 aromatic carbocycles. The van der Waals surface area contributed by atoms with E-state index in [1.54, 1.807) is 6.07 Å². The molecule has 1 saturated carbocycles. The molecule has 0 saturated heterocycles. The summed E-state index contributed by atoms with van der Waals surface area (Å²) in [5.74, 6) is 1.09. The molecule has 2 aliphatic rings. The third-order valence-corrected chi connectivity index (χ3v) is 3.61. The van der Waals surface area contributed by atoms with Crippen molar-refractivity contribution in [2.24, 2.45) is 5.73 Å². The van der Waals surface area contributed by atoms with Gasteiger partial charge in [-0.05, 0) is 25.3 Å². The molecule has 5 heteroatoms. The van der Waals surface area contributed by atoms with Crippen molar-refractivity contribution in [2.75, 3.05) is 13.2 Å². The third kappa shape index (κ3) is 1.91. The van der Waals surface area contributed by atoms with Gasteiger partial charge in [0.2, 0.25) is 0 Å². The van der Waals surface area contributed by atoms with Crippen molar-refractivity contribution in [1.82, 2.24) is 0 Å². The van der Waals surface area contributed by atoms with Crippen LogP contribution in [0.25, 0.3) is 0 Å². The van der Waals surface area contributed by atoms with Gasteiger partial charge in [-0.1, -0.05) is 11.6 Å². The van der Waals surface area contributed by atoms with Crippen molar-refractivity contribution >= 4 is 11.6 Å². The first-order valence-electron chi connectivity index (χ1n) is 5.68. The fraction of sp³-hybridized carbons (Fsp3) is 0.500. The molecule has 1 aliphatic carbocycles. The molecule has 17 heavy (non-hydrogen) atoms. The summed E-state index contributed by atoms with van der Waals surface area (Å²) in [4.78, 5) is 0. The van der Waals surface area contributed by atoms with Crippen LogP contribution in [0.1, 0.15) is 18.4 Å². The molecule has 0 aromatic heterocycles. The Morgan fingerprint density at radius 1 is 1.35 bits per heavy atom. The Hall–Kier alpha value is -1.13. The maximum Gasteiger partial charge on any atom is 0.183 e. The molecule has 1 aromatic rings. The number of halogens is 1. The SMILES string of the molecule is NC1(Cc2cc3c(c(Cl)c2O)OCCO3)CC1. The van der Waals surface area contributed by atoms with Crippen molar-refractivity contribution in [3.8, 4) is 17.2 Å². The van der Waals surface area contributed by atoms with Crippen molar-refractivity contribution in [2.45, 2.75) is 24.8 Å². The van der Waals surface area contributed by atoms with Gasteiger partial charge in [0.1, 0.15) is 24.0 Å². The number of benzene rings is 1. The maximum absolute atomic E-state index is 10.0. The van der Waals surface area contributed by atoms with E-state index in [1.165, 1.54) is 0 Å². The van der Waals surface area contributed by atoms with Gasteiger partial charge in [0, 0.05) is 11.1 Å². The van der Waals surface area contributed by atoms with Gasteiger partial charge in [-0.2, -0.15) is 0 Å². The van der Waals surface area contributed by atoms with Gasteiger partial charge >= 0.3 is 0 Å². The van der Waals surface area contributed by atoms with Crippen molar-refractivity contribution < 1.29 is 14.6 Å². The van der Waals surface area contributed by atoms with E-state index in [0.717, 1.165) is 18.4 Å². The van der Waals surface area contributed by atoms with E-state index in [1.807, 2.05) is 0 Å². The van der Waals surface area contributed by atoms with E-state index < -0.39 is 0 Å². The number of hydrogen-bond donors (Lipinski definition) is 2. The largest absolute Gasteiger partial charge is 0.506 e. The number of aromatic hydroxyl groups is 1. The predicted molar refractivity (Wildman–Crippen MR) is 64.0 cm³/mol. The number of phenolic OH excluding ortho intramolecular Hbond substituents is 1. The molecule has 0 radical (unpaired) electrons. The molecule has 0 bridgehead atoms. The summed E-state index contributed by atoms with van der Waals surface area (Å²) in [5.41, 5.74) is 6.61. The smallest absolute Gasteiger partial charge is 0.183 e. The van der Waals surface area contributed by atoms with Gasteiger partial charge in [-0.25, -0.2) is 0 Å². The Morgan fingerprint density at radius 3 is 2.76 bits per heavy atom. The van der Waals surface area contributed by atoms with E-state index in [-0.39, 0.29) is 16.3 Å². The lowest BCUT2D eigenvalue weighted by Gasteiger charge is -2.22. The quantitative estimate of drug-likeness (QED) is 0.847. The normalized spacial score (nSPS) is 20.1. The highest BCUT2D eigenvalue weighted by Crippen LogP contribution is 2.47. The average Bonchev–Trinajstić information content (AvgIpc) is 3.04. The molecule has 0 amide bonds. The summed E-state index contributed by atoms with van der Waals surface area (Å²) in [7, 11) is 0. The predicted octanol–water partition coefficient (Wildman–Crippen LogP) is 1.85. The molecule has 0 atom stereocenters. The molecule has 1 fully saturated rings. The second-order valence-electron chi connectivity index (χ2n) is 4.76. The van der Waals surface area contributed by atoms with Gasteiger partial charge in [0.15, 0.2) is 11.5 Å². The van der Waals surface area contributed by atoms with E-state index in [4.69, 9.17) is 26.8 Å². The van der Waals surface area contributed by atoms with Crippen LogP contribution in [0.4, 0.5) is 0 Å². The van der Waals surface area contributed by atoms with E-state index in [9.17, 15) is 5.11 Å². The topological polar surface area (TPSA) is 64.7 Å². The van der Waals surface area contributed by atoms with Gasteiger partial charge in [-0.3, -0.25) is 0 Å². The molecule has 1 aliphatic heterocycles. The minimum atomic E-state index is -0.176. The number of fused-ring (bicyclic) bond motifs is 1. The highest BCUT2D eigenvalue weighted by atomic mass is 35.5. The minimum Gasteiger partial charge on any atom is -0.506 e. The summed E-state index contributed by atoms with van der Waals surface area (Å²) < 4.78 is 10.9. The maximum atomic E-state index is 10.0. The van der Waals surface area contributed by atoms with Crippen LogP contribution in [0.15, 0.2) is 6.07 Å². The average molecular weight is 256 g/mol. The molecular formula is C12H14ClNO3. The third-order valence-electron chi connectivity index (χ3n) is 3.26. The fourth-order valence-electron chi connectivity index (χ4n) is 2.04. The molecule has 1 heterocycles. The lowest BCUT2D eigenvalue weighted by atomic mass is 10.0. The summed E-state index contributed by atoms with van der Waals surface area (Å²) in [5, 5.41) is 10.2. The summed E-state index contributed by atoms with van der Waals surface area (Å²) in [6.45, 7) is 0.952. The van der Waals surface area contributed by atoms with E-state index in [0.29, 0.717) is 31.1 Å². The van der Waals surface area contributed by atoms with Crippen molar-refractivity contribution in [1.29, 1.82) is 0 Å². The lowest BCUT2D eigenvalue weighted by molar-refractivity contribution is 0.170. The molecule has 0 spiro atoms. The molecular weight excluding hydrogens is 242 g/mol. The Labute approximate surface area is 104 Å². The van der Waals surface area contributed by atoms with Crippen LogP contribution >= 0.6 is 11.6 Å². The molecule has 4 nitrogen and oxygen atoms in total. The molecule has 3 N–H and O–H groups in total. The van der Waals surface area contributed by atoms with Crippen LogP contribution in [0.5, 0.6) is 17.2 Å². The van der Waals surface area contributed by atoms with E-state index in [2.05, 4.69) is 0 Å². The number of phenols is 1. The van der Waals surface area contributed by atoms with Crippen LogP contribution in [0.3, 0.4) is 0 Å². The molecule has 92 valence electrons. The highest BCUT2D eigenvalue weighted by Gasteiger charge is 2.39. The van der Waals surface area contributed by atoms with Crippen LogP contribution in [0, 0.1) is 0 Å². The minimum absolute atomic E-state index is 0.0626. The van der Waals surface area contributed by atoms with Gasteiger partial charge in [-0.15, -0.1) is 0 Å². The summed E-state index contributed by atoms with van der Waals surface area (Å²) in [6.07, 6.45) is 2.59. The first kappa shape index (κ1) is 11.0. The van der Waals surface area contributed by atoms with Gasteiger partial charge in [0.05, 0.1) is 0 Å². The van der Waals surface area contributed by atoms with E-state index >= 15 is 0 Å². The standard InChI is InChI=1S/C12H14ClNO3/c13-9-10(15)7(6-12(14)1-2-12)5-8-11(9)17-4-3-16-8/h5,15H,1-4,6,14H2. The Morgan fingerprint density at radius 2 is 2.06 bits per heavy atom. The van der Waals surface area contributed by atoms with Crippen molar-refractivity contribution in [3.05, 3.63) is 16.7 Å². The zero-order valence-corrected chi connectivity index (χ0v) is 10.1. The van der Waals surface area contributed by atoms with Crippen LogP contribution in [-0.4, -0.2) is 23.9 Å².